The van der Waals surface area contributed by atoms with Gasteiger partial charge in [-0.3, -0.25) is 14.4 Å². The third-order valence-corrected chi connectivity index (χ3v) is 6.87. The Morgan fingerprint density at radius 3 is 2.65 bits per heavy atom. The Balaban J connectivity index is 1.38. The standard InChI is InChI=1S/C24H20ClN7O4S/c25-19-9-8-18(37-19)24(35)26-12-15-2-1-3-17(22-28-30-31-29-22)21(15)27-23(34)14-4-6-16(7-5-14)32-10-11-36-13-20(32)33/h1-9H,10-13H2,(H,26,35)(H,27,34)(H,28,29,30,31). The first-order valence-corrected chi connectivity index (χ1v) is 12.4. The van der Waals surface area contributed by atoms with Gasteiger partial charge >= 0.3 is 0 Å². The van der Waals surface area contributed by atoms with E-state index in [1.807, 2.05) is 0 Å². The highest BCUT2D eigenvalue weighted by Crippen LogP contribution is 2.30. The number of benzene rings is 2. The van der Waals surface area contributed by atoms with E-state index in [4.69, 9.17) is 16.3 Å². The maximum Gasteiger partial charge on any atom is 0.261 e. The number of halogens is 1. The van der Waals surface area contributed by atoms with E-state index in [-0.39, 0.29) is 36.7 Å². The van der Waals surface area contributed by atoms with Crippen molar-refractivity contribution in [3.05, 3.63) is 74.9 Å². The summed E-state index contributed by atoms with van der Waals surface area (Å²) in [7, 11) is 0. The summed E-state index contributed by atoms with van der Waals surface area (Å²) in [5, 5.41) is 19.9. The van der Waals surface area contributed by atoms with Crippen molar-refractivity contribution in [1.82, 2.24) is 25.9 Å². The van der Waals surface area contributed by atoms with E-state index in [1.54, 1.807) is 59.5 Å². The molecule has 0 radical (unpaired) electrons. The normalized spacial score (nSPS) is 13.4. The van der Waals surface area contributed by atoms with Crippen molar-refractivity contribution in [2.24, 2.45) is 0 Å². The number of nitrogens with zero attached hydrogens (tertiary/aromatic N) is 4. The minimum atomic E-state index is -0.381. The van der Waals surface area contributed by atoms with Crippen molar-refractivity contribution < 1.29 is 19.1 Å². The number of nitrogens with one attached hydrogen (secondary N) is 3. The molecule has 2 aromatic carbocycles. The molecule has 0 atom stereocenters. The first-order valence-electron chi connectivity index (χ1n) is 11.2. The van der Waals surface area contributed by atoms with Crippen LogP contribution in [0.25, 0.3) is 11.4 Å². The van der Waals surface area contributed by atoms with Crippen molar-refractivity contribution in [1.29, 1.82) is 0 Å². The van der Waals surface area contributed by atoms with Crippen LogP contribution in [0.2, 0.25) is 4.34 Å². The number of rotatable bonds is 7. The molecule has 13 heteroatoms. The molecule has 0 aliphatic carbocycles. The quantitative estimate of drug-likeness (QED) is 0.329. The zero-order valence-electron chi connectivity index (χ0n) is 19.2. The fourth-order valence-electron chi connectivity index (χ4n) is 3.83. The molecule has 3 amide bonds. The van der Waals surface area contributed by atoms with Gasteiger partial charge in [-0.2, -0.15) is 5.21 Å². The molecule has 3 N–H and O–H groups in total. The summed E-state index contributed by atoms with van der Waals surface area (Å²) in [6.45, 7) is 1.08. The number of carbonyl (C=O) groups excluding carboxylic acids is 3. The zero-order valence-corrected chi connectivity index (χ0v) is 20.8. The van der Waals surface area contributed by atoms with Gasteiger partial charge < -0.3 is 20.3 Å². The van der Waals surface area contributed by atoms with E-state index >= 15 is 0 Å². The van der Waals surface area contributed by atoms with E-state index in [0.717, 1.165) is 0 Å². The first-order chi connectivity index (χ1) is 18.0. The summed E-state index contributed by atoms with van der Waals surface area (Å²) < 4.78 is 5.69. The number of morpholine rings is 1. The fourth-order valence-corrected chi connectivity index (χ4v) is 4.79. The number of tetrazole rings is 1. The number of H-pyrrole nitrogens is 1. The summed E-state index contributed by atoms with van der Waals surface area (Å²) in [5.74, 6) is -0.510. The SMILES string of the molecule is O=C(Nc1c(CNC(=O)c2ccc(Cl)s2)cccc1-c1nn[nH]n1)c1ccc(N2CCOCC2=O)cc1. The highest BCUT2D eigenvalue weighted by atomic mass is 35.5. The molecule has 1 saturated heterocycles. The lowest BCUT2D eigenvalue weighted by Gasteiger charge is -2.26. The lowest BCUT2D eigenvalue weighted by Crippen LogP contribution is -2.41. The second-order valence-electron chi connectivity index (χ2n) is 7.96. The zero-order chi connectivity index (χ0) is 25.8. The number of anilines is 2. The highest BCUT2D eigenvalue weighted by Gasteiger charge is 2.21. The smallest absolute Gasteiger partial charge is 0.261 e. The molecular weight excluding hydrogens is 518 g/mol. The van der Waals surface area contributed by atoms with Crippen LogP contribution in [0, 0.1) is 0 Å². The molecule has 0 spiro atoms. The Bertz CT molecular complexity index is 1440. The van der Waals surface area contributed by atoms with Crippen LogP contribution in [0.3, 0.4) is 0 Å². The average Bonchev–Trinajstić information content (AvgIpc) is 3.60. The minimum absolute atomic E-state index is 0.0357. The summed E-state index contributed by atoms with van der Waals surface area (Å²) in [6.07, 6.45) is 0. The van der Waals surface area contributed by atoms with Crippen LogP contribution in [0.15, 0.2) is 54.6 Å². The monoisotopic (exact) mass is 537 g/mol. The number of amides is 3. The van der Waals surface area contributed by atoms with Crippen LogP contribution >= 0.6 is 22.9 Å². The number of para-hydroxylation sites is 1. The van der Waals surface area contributed by atoms with Crippen LogP contribution in [0.1, 0.15) is 25.6 Å². The van der Waals surface area contributed by atoms with Gasteiger partial charge in [-0.1, -0.05) is 23.7 Å². The van der Waals surface area contributed by atoms with Crippen molar-refractivity contribution in [3.8, 4) is 11.4 Å². The molecule has 37 heavy (non-hydrogen) atoms. The van der Waals surface area contributed by atoms with Crippen LogP contribution in [0.5, 0.6) is 0 Å². The van der Waals surface area contributed by atoms with Gasteiger partial charge in [0.25, 0.3) is 17.7 Å². The van der Waals surface area contributed by atoms with Gasteiger partial charge in [0.15, 0.2) is 0 Å². The summed E-state index contributed by atoms with van der Waals surface area (Å²) in [6, 6.07) is 15.3. The molecule has 4 aromatic rings. The molecule has 0 unspecified atom stereocenters. The molecule has 2 aromatic heterocycles. The Kier molecular flexibility index (Phi) is 7.21. The van der Waals surface area contributed by atoms with E-state index in [0.29, 0.717) is 50.4 Å². The Labute approximate surface area is 219 Å². The lowest BCUT2D eigenvalue weighted by atomic mass is 10.0. The fraction of sp³-hybridized carbons (Fsp3) is 0.167. The number of aromatic nitrogens is 4. The number of ether oxygens (including phenoxy) is 1. The Morgan fingerprint density at radius 2 is 1.95 bits per heavy atom. The van der Waals surface area contributed by atoms with Gasteiger partial charge in [-0.25, -0.2) is 0 Å². The maximum absolute atomic E-state index is 13.2. The van der Waals surface area contributed by atoms with Gasteiger partial charge in [0.05, 0.1) is 21.5 Å². The second kappa shape index (κ2) is 10.9. The number of hydrogen-bond donors (Lipinski definition) is 3. The number of aromatic amines is 1. The van der Waals surface area contributed by atoms with Gasteiger partial charge in [0.2, 0.25) is 5.82 Å². The number of hydrogen-bond acceptors (Lipinski definition) is 8. The van der Waals surface area contributed by atoms with Crippen LogP contribution in [-0.4, -0.2) is 58.1 Å². The molecule has 5 rings (SSSR count). The molecule has 1 fully saturated rings. The molecular formula is C24H20ClN7O4S. The van der Waals surface area contributed by atoms with Crippen molar-refractivity contribution in [2.75, 3.05) is 30.0 Å². The van der Waals surface area contributed by atoms with Gasteiger partial charge in [0, 0.05) is 29.9 Å². The predicted octanol–water partition coefficient (Wildman–Crippen LogP) is 3.13. The number of thiophene rings is 1. The largest absolute Gasteiger partial charge is 0.370 e. The van der Waals surface area contributed by atoms with E-state index < -0.39 is 0 Å². The predicted molar refractivity (Wildman–Crippen MR) is 138 cm³/mol. The maximum atomic E-state index is 13.2. The summed E-state index contributed by atoms with van der Waals surface area (Å²) in [5.41, 5.74) is 2.68. The van der Waals surface area contributed by atoms with Crippen LogP contribution in [-0.2, 0) is 16.1 Å². The molecule has 3 heterocycles. The van der Waals surface area contributed by atoms with Crippen LogP contribution in [0.4, 0.5) is 11.4 Å². The van der Waals surface area contributed by atoms with Crippen LogP contribution < -0.4 is 15.5 Å². The average molecular weight is 538 g/mol. The third-order valence-electron chi connectivity index (χ3n) is 5.64. The molecule has 11 nitrogen and oxygen atoms in total. The van der Waals surface area contributed by atoms with Crippen molar-refractivity contribution in [2.45, 2.75) is 6.54 Å². The third kappa shape index (κ3) is 5.50. The lowest BCUT2D eigenvalue weighted by molar-refractivity contribution is -0.125. The van der Waals surface area contributed by atoms with Gasteiger partial charge in [-0.05, 0) is 53.2 Å². The second-order valence-corrected chi connectivity index (χ2v) is 9.68. The molecule has 1 aliphatic rings. The summed E-state index contributed by atoms with van der Waals surface area (Å²) >= 11 is 7.12. The molecule has 0 bridgehead atoms. The molecule has 188 valence electrons. The van der Waals surface area contributed by atoms with Gasteiger partial charge in [0.1, 0.15) is 6.61 Å². The molecule has 0 saturated carbocycles. The molecule has 1 aliphatic heterocycles. The van der Waals surface area contributed by atoms with Crippen molar-refractivity contribution >= 4 is 52.0 Å². The minimum Gasteiger partial charge on any atom is -0.370 e. The number of carbonyl (C=O) groups is 3. The Morgan fingerprint density at radius 1 is 1.11 bits per heavy atom. The Hall–Kier alpha value is -4.13. The van der Waals surface area contributed by atoms with E-state index in [9.17, 15) is 14.4 Å². The topological polar surface area (TPSA) is 142 Å². The van der Waals surface area contributed by atoms with Gasteiger partial charge in [-0.15, -0.1) is 21.5 Å². The van der Waals surface area contributed by atoms with Crippen molar-refractivity contribution in [3.63, 3.8) is 0 Å². The summed E-state index contributed by atoms with van der Waals surface area (Å²) in [4.78, 5) is 40.0. The first kappa shape index (κ1) is 24.6. The highest BCUT2D eigenvalue weighted by molar-refractivity contribution is 7.18. The van der Waals surface area contributed by atoms with E-state index in [1.165, 1.54) is 11.3 Å². The van der Waals surface area contributed by atoms with E-state index in [2.05, 4.69) is 31.3 Å².